The van der Waals surface area contributed by atoms with E-state index < -0.39 is 6.04 Å². The average Bonchev–Trinajstić information content (AvgIpc) is 2.71. The number of hydrogen-bond donors (Lipinski definition) is 1. The van der Waals surface area contributed by atoms with Gasteiger partial charge in [0.05, 0.1) is 0 Å². The first-order chi connectivity index (χ1) is 13.8. The van der Waals surface area contributed by atoms with E-state index in [9.17, 15) is 9.59 Å². The Balaban J connectivity index is 2.14. The van der Waals surface area contributed by atoms with Gasteiger partial charge in [0.25, 0.3) is 5.91 Å². The molecular formula is C22H26Cl2N2O3. The van der Waals surface area contributed by atoms with E-state index in [0.29, 0.717) is 15.8 Å². The Kier molecular flexibility index (Phi) is 8.80. The van der Waals surface area contributed by atoms with Crippen molar-refractivity contribution in [2.45, 2.75) is 45.8 Å². The van der Waals surface area contributed by atoms with Crippen LogP contribution in [0.1, 0.15) is 32.8 Å². The van der Waals surface area contributed by atoms with E-state index in [1.807, 2.05) is 26.0 Å². The molecule has 0 aliphatic carbocycles. The van der Waals surface area contributed by atoms with Gasteiger partial charge in [-0.05, 0) is 56.2 Å². The summed E-state index contributed by atoms with van der Waals surface area (Å²) in [6.07, 6.45) is 0.807. The van der Waals surface area contributed by atoms with Crippen LogP contribution < -0.4 is 10.1 Å². The van der Waals surface area contributed by atoms with E-state index in [4.69, 9.17) is 27.9 Å². The Morgan fingerprint density at radius 1 is 1.07 bits per heavy atom. The van der Waals surface area contributed by atoms with Gasteiger partial charge in [0.15, 0.2) is 6.61 Å². The third-order valence-electron chi connectivity index (χ3n) is 4.59. The lowest BCUT2D eigenvalue weighted by Crippen LogP contribution is -2.50. The van der Waals surface area contributed by atoms with Gasteiger partial charge in [-0.25, -0.2) is 0 Å². The molecule has 0 radical (unpaired) electrons. The monoisotopic (exact) mass is 436 g/mol. The van der Waals surface area contributed by atoms with Gasteiger partial charge in [-0.1, -0.05) is 48.3 Å². The molecule has 0 aliphatic heterocycles. The second-order valence-corrected chi connectivity index (χ2v) is 7.76. The van der Waals surface area contributed by atoms with Gasteiger partial charge in [-0.15, -0.1) is 0 Å². The fourth-order valence-electron chi connectivity index (χ4n) is 2.62. The van der Waals surface area contributed by atoms with E-state index in [1.54, 1.807) is 43.3 Å². The summed E-state index contributed by atoms with van der Waals surface area (Å²) < 4.78 is 5.59. The van der Waals surface area contributed by atoms with Crippen molar-refractivity contribution in [3.05, 3.63) is 64.1 Å². The molecule has 1 N–H and O–H groups in total. The zero-order chi connectivity index (χ0) is 21.4. The van der Waals surface area contributed by atoms with Gasteiger partial charge in [0.1, 0.15) is 11.8 Å². The highest BCUT2D eigenvalue weighted by Crippen LogP contribution is 2.18. The first kappa shape index (κ1) is 23.0. The molecule has 29 heavy (non-hydrogen) atoms. The number of amides is 2. The van der Waals surface area contributed by atoms with Crippen molar-refractivity contribution in [1.29, 1.82) is 0 Å². The summed E-state index contributed by atoms with van der Waals surface area (Å²) in [4.78, 5) is 27.1. The van der Waals surface area contributed by atoms with Gasteiger partial charge in [0.2, 0.25) is 5.91 Å². The first-order valence-corrected chi connectivity index (χ1v) is 10.3. The van der Waals surface area contributed by atoms with Crippen LogP contribution in [0, 0.1) is 0 Å². The minimum atomic E-state index is -0.657. The third-order valence-corrected chi connectivity index (χ3v) is 5.08. The van der Waals surface area contributed by atoms with E-state index in [1.165, 1.54) is 4.90 Å². The Bertz CT molecular complexity index is 827. The first-order valence-electron chi connectivity index (χ1n) is 9.52. The van der Waals surface area contributed by atoms with Crippen LogP contribution in [0.4, 0.5) is 0 Å². The predicted molar refractivity (Wildman–Crippen MR) is 116 cm³/mol. The number of ether oxygens (including phenoxy) is 1. The molecule has 156 valence electrons. The van der Waals surface area contributed by atoms with Crippen LogP contribution in [0.2, 0.25) is 10.0 Å². The van der Waals surface area contributed by atoms with E-state index in [0.717, 1.165) is 12.0 Å². The zero-order valence-electron chi connectivity index (χ0n) is 16.8. The molecule has 0 aromatic heterocycles. The van der Waals surface area contributed by atoms with Gasteiger partial charge < -0.3 is 15.0 Å². The largest absolute Gasteiger partial charge is 0.484 e. The van der Waals surface area contributed by atoms with Crippen LogP contribution >= 0.6 is 23.2 Å². The lowest BCUT2D eigenvalue weighted by molar-refractivity contribution is -0.142. The summed E-state index contributed by atoms with van der Waals surface area (Å²) in [6, 6.07) is 13.4. The summed E-state index contributed by atoms with van der Waals surface area (Å²) >= 11 is 11.9. The minimum absolute atomic E-state index is 0.0279. The standard InChI is InChI=1S/C22H26Cl2N2O3/c1-4-15(2)25-22(28)16(3)26(13-17-8-10-18(23)11-9-17)21(27)14-29-20-7-5-6-19(24)12-20/h5-12,15-16H,4,13-14H2,1-3H3,(H,25,28)/t15-,16+/m0/s1. The minimum Gasteiger partial charge on any atom is -0.484 e. The predicted octanol–water partition coefficient (Wildman–Crippen LogP) is 4.70. The zero-order valence-corrected chi connectivity index (χ0v) is 18.3. The van der Waals surface area contributed by atoms with E-state index in [-0.39, 0.29) is 31.0 Å². The smallest absolute Gasteiger partial charge is 0.261 e. The number of nitrogens with one attached hydrogen (secondary N) is 1. The Morgan fingerprint density at radius 3 is 2.38 bits per heavy atom. The molecule has 2 rings (SSSR count). The molecule has 5 nitrogen and oxygen atoms in total. The molecule has 0 saturated carbocycles. The molecule has 0 fully saturated rings. The van der Waals surface area contributed by atoms with Crippen molar-refractivity contribution in [3.8, 4) is 5.75 Å². The molecule has 0 unspecified atom stereocenters. The Labute approximate surface area is 181 Å². The van der Waals surface area contributed by atoms with Gasteiger partial charge in [-0.2, -0.15) is 0 Å². The number of rotatable bonds is 9. The van der Waals surface area contributed by atoms with Crippen LogP contribution in [0.25, 0.3) is 0 Å². The van der Waals surface area contributed by atoms with E-state index >= 15 is 0 Å². The SMILES string of the molecule is CC[C@H](C)NC(=O)[C@@H](C)N(Cc1ccc(Cl)cc1)C(=O)COc1cccc(Cl)c1. The summed E-state index contributed by atoms with van der Waals surface area (Å²) in [5.74, 6) is -0.00912. The molecule has 2 amide bonds. The molecule has 0 saturated heterocycles. The Morgan fingerprint density at radius 2 is 1.76 bits per heavy atom. The summed E-state index contributed by atoms with van der Waals surface area (Å²) in [5.41, 5.74) is 0.869. The maximum absolute atomic E-state index is 12.9. The second kappa shape index (κ2) is 11.1. The molecule has 2 atom stereocenters. The number of halogens is 2. The fraction of sp³-hybridized carbons (Fsp3) is 0.364. The quantitative estimate of drug-likeness (QED) is 0.619. The van der Waals surface area contributed by atoms with Crippen molar-refractivity contribution in [2.75, 3.05) is 6.61 Å². The van der Waals surface area contributed by atoms with Crippen molar-refractivity contribution in [3.63, 3.8) is 0 Å². The molecule has 0 aliphatic rings. The molecule has 2 aromatic carbocycles. The second-order valence-electron chi connectivity index (χ2n) is 6.89. The van der Waals surface area contributed by atoms with Gasteiger partial charge in [0, 0.05) is 22.6 Å². The lowest BCUT2D eigenvalue weighted by atomic mass is 10.1. The van der Waals surface area contributed by atoms with Gasteiger partial charge >= 0.3 is 0 Å². The molecule has 0 spiro atoms. The van der Waals surface area contributed by atoms with E-state index in [2.05, 4.69) is 5.32 Å². The third kappa shape index (κ3) is 7.26. The summed E-state index contributed by atoms with van der Waals surface area (Å²) in [5, 5.41) is 4.06. The highest BCUT2D eigenvalue weighted by molar-refractivity contribution is 6.30. The van der Waals surface area contributed by atoms with Crippen LogP contribution in [0.3, 0.4) is 0 Å². The van der Waals surface area contributed by atoms with Crippen molar-refractivity contribution < 1.29 is 14.3 Å². The number of hydrogen-bond acceptors (Lipinski definition) is 3. The number of carbonyl (C=O) groups excluding carboxylic acids is 2. The van der Waals surface area contributed by atoms with Crippen molar-refractivity contribution in [1.82, 2.24) is 10.2 Å². The summed E-state index contributed by atoms with van der Waals surface area (Å²) in [7, 11) is 0. The fourth-order valence-corrected chi connectivity index (χ4v) is 2.93. The topological polar surface area (TPSA) is 58.6 Å². The average molecular weight is 437 g/mol. The summed E-state index contributed by atoms with van der Waals surface area (Å²) in [6.45, 7) is 5.70. The molecular weight excluding hydrogens is 411 g/mol. The number of benzene rings is 2. The Hall–Kier alpha value is -2.24. The van der Waals surface area contributed by atoms with Crippen LogP contribution in [-0.2, 0) is 16.1 Å². The number of carbonyl (C=O) groups is 2. The van der Waals surface area contributed by atoms with Crippen LogP contribution in [0.15, 0.2) is 48.5 Å². The van der Waals surface area contributed by atoms with Crippen LogP contribution in [-0.4, -0.2) is 35.4 Å². The maximum Gasteiger partial charge on any atom is 0.261 e. The van der Waals surface area contributed by atoms with Crippen molar-refractivity contribution in [2.24, 2.45) is 0 Å². The van der Waals surface area contributed by atoms with Crippen molar-refractivity contribution >= 4 is 35.0 Å². The maximum atomic E-state index is 12.9. The van der Waals surface area contributed by atoms with Crippen LogP contribution in [0.5, 0.6) is 5.75 Å². The van der Waals surface area contributed by atoms with Gasteiger partial charge in [-0.3, -0.25) is 9.59 Å². The molecule has 2 aromatic rings. The highest BCUT2D eigenvalue weighted by Gasteiger charge is 2.27. The molecule has 0 heterocycles. The molecule has 7 heteroatoms. The molecule has 0 bridgehead atoms. The number of nitrogens with zero attached hydrogens (tertiary/aromatic N) is 1. The lowest BCUT2D eigenvalue weighted by Gasteiger charge is -2.29. The normalized spacial score (nSPS) is 12.7. The highest BCUT2D eigenvalue weighted by atomic mass is 35.5.